The maximum Gasteiger partial charge on any atom is 0.208 e. The lowest BCUT2D eigenvalue weighted by Crippen LogP contribution is -2.04. The van der Waals surface area contributed by atoms with Crippen molar-refractivity contribution in [3.05, 3.63) is 39.8 Å². The summed E-state index contributed by atoms with van der Waals surface area (Å²) >= 11 is 9.54. The molecule has 0 fully saturated rings. The Morgan fingerprint density at radius 2 is 2.31 bits per heavy atom. The molecule has 5 heteroatoms. The van der Waals surface area contributed by atoms with E-state index in [4.69, 9.17) is 16.0 Å². The molecular formula is C11H10BrClN2O. The van der Waals surface area contributed by atoms with E-state index in [0.29, 0.717) is 23.2 Å². The van der Waals surface area contributed by atoms with Crippen molar-refractivity contribution in [2.24, 2.45) is 0 Å². The van der Waals surface area contributed by atoms with Gasteiger partial charge in [0.25, 0.3) is 0 Å². The van der Waals surface area contributed by atoms with Gasteiger partial charge in [0.05, 0.1) is 17.8 Å². The third-order valence-electron chi connectivity index (χ3n) is 2.10. The minimum atomic E-state index is 0.603. The van der Waals surface area contributed by atoms with E-state index in [-0.39, 0.29) is 0 Å². The van der Waals surface area contributed by atoms with Crippen LogP contribution in [0.25, 0.3) is 11.3 Å². The van der Waals surface area contributed by atoms with Crippen LogP contribution in [0.15, 0.2) is 33.3 Å². The Balaban J connectivity index is 2.39. The molecule has 0 saturated carbocycles. The Labute approximate surface area is 107 Å². The van der Waals surface area contributed by atoms with Crippen molar-refractivity contribution in [3.63, 3.8) is 0 Å². The molecular weight excluding hydrogens is 291 g/mol. The molecule has 0 bridgehead atoms. The maximum absolute atomic E-state index is 6.16. The monoisotopic (exact) mass is 300 g/mol. The van der Waals surface area contributed by atoms with Crippen molar-refractivity contribution in [2.45, 2.75) is 6.54 Å². The summed E-state index contributed by atoms with van der Waals surface area (Å²) in [5.74, 6) is 1.32. The van der Waals surface area contributed by atoms with Gasteiger partial charge >= 0.3 is 0 Å². The fourth-order valence-electron chi connectivity index (χ4n) is 1.36. The van der Waals surface area contributed by atoms with Crippen LogP contribution in [0.2, 0.25) is 5.02 Å². The molecule has 2 aromatic rings. The van der Waals surface area contributed by atoms with Crippen molar-refractivity contribution in [3.8, 4) is 11.3 Å². The third-order valence-corrected chi connectivity index (χ3v) is 3.39. The van der Waals surface area contributed by atoms with Gasteiger partial charge in [0.1, 0.15) is 0 Å². The molecule has 1 N–H and O–H groups in total. The van der Waals surface area contributed by atoms with Crippen LogP contribution in [-0.4, -0.2) is 12.0 Å². The number of hydrogen-bond acceptors (Lipinski definition) is 3. The Hall–Kier alpha value is -0.840. The van der Waals surface area contributed by atoms with Crippen molar-refractivity contribution < 1.29 is 4.42 Å². The number of nitrogens with one attached hydrogen (secondary N) is 1. The predicted octanol–water partition coefficient (Wildman–Crippen LogP) is 3.48. The van der Waals surface area contributed by atoms with Crippen LogP contribution < -0.4 is 5.32 Å². The molecule has 0 aliphatic heterocycles. The Morgan fingerprint density at radius 1 is 1.50 bits per heavy atom. The van der Waals surface area contributed by atoms with E-state index in [1.807, 2.05) is 25.2 Å². The van der Waals surface area contributed by atoms with Gasteiger partial charge in [0.15, 0.2) is 5.76 Å². The Morgan fingerprint density at radius 3 is 3.06 bits per heavy atom. The topological polar surface area (TPSA) is 38.1 Å². The van der Waals surface area contributed by atoms with E-state index in [9.17, 15) is 0 Å². The molecule has 2 rings (SSSR count). The van der Waals surface area contributed by atoms with Crippen LogP contribution >= 0.6 is 27.5 Å². The maximum atomic E-state index is 6.16. The SMILES string of the molecule is CNCc1ncc(-c2cccc(Br)c2Cl)o1. The van der Waals surface area contributed by atoms with Gasteiger partial charge in [-0.25, -0.2) is 4.98 Å². The lowest BCUT2D eigenvalue weighted by atomic mass is 10.2. The zero-order valence-electron chi connectivity index (χ0n) is 8.63. The van der Waals surface area contributed by atoms with Crippen LogP contribution in [0.4, 0.5) is 0 Å². The van der Waals surface area contributed by atoms with Gasteiger partial charge in [0.2, 0.25) is 5.89 Å². The number of hydrogen-bond donors (Lipinski definition) is 1. The number of nitrogens with zero attached hydrogens (tertiary/aromatic N) is 1. The highest BCUT2D eigenvalue weighted by molar-refractivity contribution is 9.10. The molecule has 0 radical (unpaired) electrons. The molecule has 0 amide bonds. The highest BCUT2D eigenvalue weighted by Gasteiger charge is 2.11. The zero-order chi connectivity index (χ0) is 11.5. The molecule has 0 aliphatic carbocycles. The summed E-state index contributed by atoms with van der Waals surface area (Å²) in [5, 5.41) is 3.61. The normalized spacial score (nSPS) is 10.7. The van der Waals surface area contributed by atoms with Crippen LogP contribution in [0, 0.1) is 0 Å². The van der Waals surface area contributed by atoms with E-state index >= 15 is 0 Å². The molecule has 1 heterocycles. The average molecular weight is 302 g/mol. The molecule has 3 nitrogen and oxygen atoms in total. The molecule has 0 atom stereocenters. The second-order valence-electron chi connectivity index (χ2n) is 3.25. The van der Waals surface area contributed by atoms with Crippen LogP contribution in [0.5, 0.6) is 0 Å². The smallest absolute Gasteiger partial charge is 0.208 e. The first-order valence-corrected chi connectivity index (χ1v) is 5.93. The van der Waals surface area contributed by atoms with Crippen molar-refractivity contribution in [2.75, 3.05) is 7.05 Å². The van der Waals surface area contributed by atoms with E-state index < -0.39 is 0 Å². The van der Waals surface area contributed by atoms with Gasteiger partial charge in [-0.2, -0.15) is 0 Å². The van der Waals surface area contributed by atoms with Gasteiger partial charge in [-0.15, -0.1) is 0 Å². The lowest BCUT2D eigenvalue weighted by molar-refractivity contribution is 0.491. The number of benzene rings is 1. The van der Waals surface area contributed by atoms with Crippen LogP contribution in [0.3, 0.4) is 0 Å². The summed E-state index contributed by atoms with van der Waals surface area (Å²) in [5.41, 5.74) is 0.839. The summed E-state index contributed by atoms with van der Waals surface area (Å²) in [6.45, 7) is 0.603. The zero-order valence-corrected chi connectivity index (χ0v) is 11.0. The van der Waals surface area contributed by atoms with E-state index in [1.54, 1.807) is 6.20 Å². The lowest BCUT2D eigenvalue weighted by Gasteiger charge is -2.01. The average Bonchev–Trinajstić information content (AvgIpc) is 2.71. The molecule has 1 aromatic heterocycles. The van der Waals surface area contributed by atoms with Gasteiger partial charge < -0.3 is 9.73 Å². The Kier molecular flexibility index (Phi) is 3.63. The molecule has 1 aromatic carbocycles. The fraction of sp³-hybridized carbons (Fsp3) is 0.182. The van der Waals surface area contributed by atoms with E-state index in [1.165, 1.54) is 0 Å². The molecule has 0 unspecified atom stereocenters. The molecule has 16 heavy (non-hydrogen) atoms. The number of oxazole rings is 1. The molecule has 0 saturated heterocycles. The standard InChI is InChI=1S/C11H10BrClN2O/c1-14-6-10-15-5-9(16-10)7-3-2-4-8(12)11(7)13/h2-5,14H,6H2,1H3. The van der Waals surface area contributed by atoms with Gasteiger partial charge in [-0.05, 0) is 35.1 Å². The largest absolute Gasteiger partial charge is 0.439 e. The van der Waals surface area contributed by atoms with Crippen LogP contribution in [0.1, 0.15) is 5.89 Å². The number of halogens is 2. The fourth-order valence-corrected chi connectivity index (χ4v) is 1.95. The first-order valence-electron chi connectivity index (χ1n) is 4.76. The minimum Gasteiger partial charge on any atom is -0.439 e. The summed E-state index contributed by atoms with van der Waals surface area (Å²) in [6, 6.07) is 5.69. The van der Waals surface area contributed by atoms with Gasteiger partial charge in [-0.1, -0.05) is 17.7 Å². The second-order valence-corrected chi connectivity index (χ2v) is 4.48. The molecule has 0 spiro atoms. The van der Waals surface area contributed by atoms with Crippen molar-refractivity contribution >= 4 is 27.5 Å². The van der Waals surface area contributed by atoms with Crippen LogP contribution in [-0.2, 0) is 6.54 Å². The highest BCUT2D eigenvalue weighted by atomic mass is 79.9. The highest BCUT2D eigenvalue weighted by Crippen LogP contribution is 2.33. The third kappa shape index (κ3) is 2.29. The van der Waals surface area contributed by atoms with E-state index in [2.05, 4.69) is 26.2 Å². The summed E-state index contributed by atoms with van der Waals surface area (Å²) in [7, 11) is 1.84. The molecule has 84 valence electrons. The van der Waals surface area contributed by atoms with Gasteiger partial charge in [-0.3, -0.25) is 0 Å². The van der Waals surface area contributed by atoms with E-state index in [0.717, 1.165) is 10.0 Å². The predicted molar refractivity (Wildman–Crippen MR) is 67.4 cm³/mol. The summed E-state index contributed by atoms with van der Waals surface area (Å²) in [6.07, 6.45) is 1.68. The minimum absolute atomic E-state index is 0.603. The Bertz CT molecular complexity index is 498. The summed E-state index contributed by atoms with van der Waals surface area (Å²) in [4.78, 5) is 4.15. The molecule has 0 aliphatic rings. The number of aromatic nitrogens is 1. The summed E-state index contributed by atoms with van der Waals surface area (Å²) < 4.78 is 6.41. The van der Waals surface area contributed by atoms with Crippen molar-refractivity contribution in [1.29, 1.82) is 0 Å². The second kappa shape index (κ2) is 4.99. The first-order chi connectivity index (χ1) is 7.72. The first kappa shape index (κ1) is 11.6. The quantitative estimate of drug-likeness (QED) is 0.943. The van der Waals surface area contributed by atoms with Gasteiger partial charge in [0, 0.05) is 10.0 Å². The van der Waals surface area contributed by atoms with Crippen molar-refractivity contribution in [1.82, 2.24) is 10.3 Å². The number of rotatable bonds is 3.